The fourth-order valence-electron chi connectivity index (χ4n) is 3.19. The molecule has 0 N–H and O–H groups in total. The highest BCUT2D eigenvalue weighted by atomic mass is 16.5. The maximum atomic E-state index is 5.84. The topological polar surface area (TPSA) is 56.3 Å². The summed E-state index contributed by atoms with van der Waals surface area (Å²) in [7, 11) is 2.05. The first-order chi connectivity index (χ1) is 11.4. The van der Waals surface area contributed by atoms with Crippen molar-refractivity contribution in [2.45, 2.75) is 65.1 Å². The number of ether oxygens (including phenoxy) is 1. The summed E-state index contributed by atoms with van der Waals surface area (Å²) < 4.78 is 13.5. The molecule has 1 aliphatic heterocycles. The number of hydrogen-bond donors (Lipinski definition) is 0. The lowest BCUT2D eigenvalue weighted by Crippen LogP contribution is -2.28. The van der Waals surface area contributed by atoms with Crippen molar-refractivity contribution in [2.75, 3.05) is 18.6 Å². The maximum absolute atomic E-state index is 5.84. The molecule has 0 spiro atoms. The lowest BCUT2D eigenvalue weighted by molar-refractivity contribution is 0.0958. The molecule has 2 aromatic heterocycles. The standard InChI is InChI=1S/C18H28N4O2/c1-13-14(8-10-23-13)11-21(5)17-20-19-16(18(2,3)4)22(17)12-15-7-6-9-24-15/h8,10,15H,6-7,9,11-12H2,1-5H3/t15-/m1/s1. The van der Waals surface area contributed by atoms with Gasteiger partial charge in [0.25, 0.3) is 0 Å². The molecule has 0 amide bonds. The SMILES string of the molecule is Cc1occc1CN(C)c1nnc(C(C)(C)C)n1C[C@H]1CCCO1. The van der Waals surface area contributed by atoms with E-state index < -0.39 is 0 Å². The molecule has 1 atom stereocenters. The number of anilines is 1. The lowest BCUT2D eigenvalue weighted by Gasteiger charge is -2.25. The molecule has 6 heteroatoms. The van der Waals surface area contributed by atoms with Crippen LogP contribution in [0.15, 0.2) is 16.7 Å². The molecule has 1 aliphatic rings. The molecular weight excluding hydrogens is 304 g/mol. The zero-order chi connectivity index (χ0) is 17.3. The summed E-state index contributed by atoms with van der Waals surface area (Å²) in [5, 5.41) is 8.98. The fraction of sp³-hybridized carbons (Fsp3) is 0.667. The van der Waals surface area contributed by atoms with Gasteiger partial charge in [-0.25, -0.2) is 0 Å². The van der Waals surface area contributed by atoms with Gasteiger partial charge >= 0.3 is 0 Å². The van der Waals surface area contributed by atoms with Crippen molar-refractivity contribution in [2.24, 2.45) is 0 Å². The molecule has 0 radical (unpaired) electrons. The predicted molar refractivity (Wildman–Crippen MR) is 93.2 cm³/mol. The van der Waals surface area contributed by atoms with Gasteiger partial charge in [0.2, 0.25) is 5.95 Å². The van der Waals surface area contributed by atoms with Crippen molar-refractivity contribution < 1.29 is 9.15 Å². The van der Waals surface area contributed by atoms with E-state index in [-0.39, 0.29) is 11.5 Å². The van der Waals surface area contributed by atoms with E-state index in [1.54, 1.807) is 6.26 Å². The van der Waals surface area contributed by atoms with E-state index in [0.717, 1.165) is 50.1 Å². The summed E-state index contributed by atoms with van der Waals surface area (Å²) in [4.78, 5) is 2.13. The molecule has 1 fully saturated rings. The number of furan rings is 1. The minimum Gasteiger partial charge on any atom is -0.469 e. The van der Waals surface area contributed by atoms with Gasteiger partial charge in [-0.2, -0.15) is 0 Å². The molecule has 0 unspecified atom stereocenters. The number of aryl methyl sites for hydroxylation is 1. The van der Waals surface area contributed by atoms with E-state index in [1.807, 2.05) is 13.0 Å². The number of nitrogens with zero attached hydrogens (tertiary/aromatic N) is 4. The maximum Gasteiger partial charge on any atom is 0.227 e. The summed E-state index contributed by atoms with van der Waals surface area (Å²) in [6.45, 7) is 10.9. The molecule has 0 aromatic carbocycles. The highest BCUT2D eigenvalue weighted by Crippen LogP contribution is 2.27. The Morgan fingerprint density at radius 1 is 1.33 bits per heavy atom. The molecule has 0 bridgehead atoms. The Morgan fingerprint density at radius 2 is 2.12 bits per heavy atom. The van der Waals surface area contributed by atoms with Gasteiger partial charge in [0.05, 0.1) is 18.9 Å². The summed E-state index contributed by atoms with van der Waals surface area (Å²) in [5.74, 6) is 2.84. The Kier molecular flexibility index (Phi) is 4.67. The van der Waals surface area contributed by atoms with Gasteiger partial charge in [-0.15, -0.1) is 10.2 Å². The summed E-state index contributed by atoms with van der Waals surface area (Å²) in [6.07, 6.45) is 4.23. The summed E-state index contributed by atoms with van der Waals surface area (Å²) in [5.41, 5.74) is 1.11. The van der Waals surface area contributed by atoms with Crippen LogP contribution in [-0.4, -0.2) is 34.5 Å². The molecule has 3 heterocycles. The first-order valence-corrected chi connectivity index (χ1v) is 8.65. The Bertz CT molecular complexity index is 677. The monoisotopic (exact) mass is 332 g/mol. The summed E-state index contributed by atoms with van der Waals surface area (Å²) in [6, 6.07) is 2.01. The van der Waals surface area contributed by atoms with Gasteiger partial charge in [0.15, 0.2) is 0 Å². The van der Waals surface area contributed by atoms with Crippen LogP contribution in [0.3, 0.4) is 0 Å². The van der Waals surface area contributed by atoms with E-state index in [1.165, 1.54) is 5.56 Å². The van der Waals surface area contributed by atoms with Gasteiger partial charge in [-0.1, -0.05) is 20.8 Å². The van der Waals surface area contributed by atoms with Crippen LogP contribution in [0.1, 0.15) is 50.8 Å². The van der Waals surface area contributed by atoms with Crippen LogP contribution < -0.4 is 4.90 Å². The van der Waals surface area contributed by atoms with Crippen LogP contribution in [-0.2, 0) is 23.2 Å². The Labute approximate surface area is 143 Å². The average Bonchev–Trinajstić information content (AvgIpc) is 3.21. The fourth-order valence-corrected chi connectivity index (χ4v) is 3.19. The minimum absolute atomic E-state index is 0.0593. The summed E-state index contributed by atoms with van der Waals surface area (Å²) >= 11 is 0. The van der Waals surface area contributed by atoms with E-state index in [4.69, 9.17) is 9.15 Å². The first kappa shape index (κ1) is 17.0. The Hall–Kier alpha value is -1.82. The van der Waals surface area contributed by atoms with Gasteiger partial charge in [-0.05, 0) is 25.8 Å². The van der Waals surface area contributed by atoms with Gasteiger partial charge < -0.3 is 14.1 Å². The second kappa shape index (κ2) is 6.59. The molecule has 0 saturated carbocycles. The normalized spacial score (nSPS) is 18.3. The molecular formula is C18H28N4O2. The van der Waals surface area contributed by atoms with E-state index in [0.29, 0.717) is 0 Å². The van der Waals surface area contributed by atoms with Crippen molar-refractivity contribution in [1.29, 1.82) is 0 Å². The highest BCUT2D eigenvalue weighted by molar-refractivity contribution is 5.34. The third-order valence-electron chi connectivity index (χ3n) is 4.53. The molecule has 24 heavy (non-hydrogen) atoms. The molecule has 6 nitrogen and oxygen atoms in total. The number of rotatable bonds is 5. The minimum atomic E-state index is -0.0593. The molecule has 3 rings (SSSR count). The van der Waals surface area contributed by atoms with E-state index in [2.05, 4.69) is 47.5 Å². The zero-order valence-electron chi connectivity index (χ0n) is 15.4. The van der Waals surface area contributed by atoms with Crippen LogP contribution in [0.25, 0.3) is 0 Å². The van der Waals surface area contributed by atoms with Crippen LogP contribution in [0.2, 0.25) is 0 Å². The third-order valence-corrected chi connectivity index (χ3v) is 4.53. The van der Waals surface area contributed by atoms with Crippen molar-refractivity contribution in [3.8, 4) is 0 Å². The second-order valence-electron chi connectivity index (χ2n) is 7.68. The van der Waals surface area contributed by atoms with Gasteiger partial charge in [0.1, 0.15) is 11.6 Å². The van der Waals surface area contributed by atoms with Gasteiger partial charge in [0, 0.05) is 31.2 Å². The highest BCUT2D eigenvalue weighted by Gasteiger charge is 2.28. The average molecular weight is 332 g/mol. The zero-order valence-corrected chi connectivity index (χ0v) is 15.4. The second-order valence-corrected chi connectivity index (χ2v) is 7.68. The number of hydrogen-bond acceptors (Lipinski definition) is 5. The van der Waals surface area contributed by atoms with Crippen LogP contribution >= 0.6 is 0 Å². The van der Waals surface area contributed by atoms with Crippen LogP contribution in [0.5, 0.6) is 0 Å². The molecule has 132 valence electrons. The largest absolute Gasteiger partial charge is 0.469 e. The quantitative estimate of drug-likeness (QED) is 0.841. The third kappa shape index (κ3) is 3.48. The van der Waals surface area contributed by atoms with E-state index >= 15 is 0 Å². The molecule has 1 saturated heterocycles. The van der Waals surface area contributed by atoms with Crippen molar-refractivity contribution in [1.82, 2.24) is 14.8 Å². The van der Waals surface area contributed by atoms with Crippen LogP contribution in [0, 0.1) is 6.92 Å². The Morgan fingerprint density at radius 3 is 2.71 bits per heavy atom. The van der Waals surface area contributed by atoms with Crippen molar-refractivity contribution >= 4 is 5.95 Å². The smallest absolute Gasteiger partial charge is 0.227 e. The first-order valence-electron chi connectivity index (χ1n) is 8.65. The van der Waals surface area contributed by atoms with E-state index in [9.17, 15) is 0 Å². The lowest BCUT2D eigenvalue weighted by atomic mass is 9.95. The number of aromatic nitrogens is 3. The molecule has 0 aliphatic carbocycles. The van der Waals surface area contributed by atoms with Crippen molar-refractivity contribution in [3.63, 3.8) is 0 Å². The van der Waals surface area contributed by atoms with Crippen LogP contribution in [0.4, 0.5) is 5.95 Å². The molecule has 2 aromatic rings. The van der Waals surface area contributed by atoms with Crippen molar-refractivity contribution in [3.05, 3.63) is 29.5 Å². The predicted octanol–water partition coefficient (Wildman–Crippen LogP) is 3.29. The van der Waals surface area contributed by atoms with Gasteiger partial charge in [-0.3, -0.25) is 4.57 Å². The Balaban J connectivity index is 1.88.